The fourth-order valence-electron chi connectivity index (χ4n) is 2.54. The van der Waals surface area contributed by atoms with Crippen LogP contribution in [0.3, 0.4) is 0 Å². The van der Waals surface area contributed by atoms with Crippen molar-refractivity contribution in [2.45, 2.75) is 12.8 Å². The summed E-state index contributed by atoms with van der Waals surface area (Å²) in [5.41, 5.74) is 0.606. The van der Waals surface area contributed by atoms with Crippen LogP contribution >= 0.6 is 0 Å². The first-order chi connectivity index (χ1) is 9.20. The Hall–Kier alpha value is -1.62. The van der Waals surface area contributed by atoms with Crippen molar-refractivity contribution in [2.75, 3.05) is 39.0 Å². The van der Waals surface area contributed by atoms with Crippen molar-refractivity contribution in [3.63, 3.8) is 0 Å². The molecule has 1 amide bonds. The monoisotopic (exact) mass is 262 g/mol. The number of anilines is 1. The highest BCUT2D eigenvalue weighted by Crippen LogP contribution is 2.17. The van der Waals surface area contributed by atoms with E-state index >= 15 is 0 Å². The molecular weight excluding hydrogens is 240 g/mol. The van der Waals surface area contributed by atoms with Gasteiger partial charge in [-0.15, -0.1) is 0 Å². The van der Waals surface area contributed by atoms with Gasteiger partial charge in [-0.3, -0.25) is 4.79 Å². The number of piperidine rings is 1. The van der Waals surface area contributed by atoms with E-state index in [0.29, 0.717) is 17.3 Å². The lowest BCUT2D eigenvalue weighted by atomic mass is 9.98. The molecular formula is C14H22N4O. The molecule has 0 bridgehead atoms. The Morgan fingerprint density at radius 3 is 3.16 bits per heavy atom. The number of hydrogen-bond acceptors (Lipinski definition) is 4. The van der Waals surface area contributed by atoms with Gasteiger partial charge in [0.15, 0.2) is 0 Å². The molecule has 0 spiro atoms. The van der Waals surface area contributed by atoms with Crippen LogP contribution < -0.4 is 10.6 Å². The zero-order valence-electron chi connectivity index (χ0n) is 11.6. The van der Waals surface area contributed by atoms with Gasteiger partial charge in [-0.2, -0.15) is 0 Å². The van der Waals surface area contributed by atoms with Gasteiger partial charge >= 0.3 is 0 Å². The van der Waals surface area contributed by atoms with Gasteiger partial charge in [-0.05, 0) is 44.5 Å². The zero-order valence-corrected chi connectivity index (χ0v) is 11.6. The SMILES string of the molecule is CNC(=O)c1cccnc1NCC1CCCN(C)C1. The second kappa shape index (κ2) is 6.52. The molecule has 1 aliphatic rings. The highest BCUT2D eigenvalue weighted by atomic mass is 16.1. The minimum atomic E-state index is -0.101. The number of nitrogens with zero attached hydrogens (tertiary/aromatic N) is 2. The molecule has 0 radical (unpaired) electrons. The van der Waals surface area contributed by atoms with Crippen molar-refractivity contribution in [2.24, 2.45) is 5.92 Å². The molecule has 1 aromatic rings. The second-order valence-electron chi connectivity index (χ2n) is 5.13. The number of pyridine rings is 1. The van der Waals surface area contributed by atoms with Gasteiger partial charge < -0.3 is 15.5 Å². The molecule has 1 saturated heterocycles. The van der Waals surface area contributed by atoms with Crippen molar-refractivity contribution in [1.82, 2.24) is 15.2 Å². The van der Waals surface area contributed by atoms with E-state index in [1.165, 1.54) is 19.4 Å². The third-order valence-corrected chi connectivity index (χ3v) is 3.56. The standard InChI is InChI=1S/C14H22N4O/c1-15-14(19)12-6-3-7-16-13(12)17-9-11-5-4-8-18(2)10-11/h3,6-7,11H,4-5,8-10H2,1-2H3,(H,15,19)(H,16,17). The third-order valence-electron chi connectivity index (χ3n) is 3.56. The summed E-state index contributed by atoms with van der Waals surface area (Å²) >= 11 is 0. The van der Waals surface area contributed by atoms with Crippen molar-refractivity contribution in [1.29, 1.82) is 0 Å². The summed E-state index contributed by atoms with van der Waals surface area (Å²) in [6.07, 6.45) is 4.19. The number of carbonyl (C=O) groups is 1. The van der Waals surface area contributed by atoms with Gasteiger partial charge in [-0.1, -0.05) is 0 Å². The van der Waals surface area contributed by atoms with Crippen LogP contribution in [0, 0.1) is 5.92 Å². The number of rotatable bonds is 4. The van der Waals surface area contributed by atoms with E-state index in [9.17, 15) is 4.79 Å². The first-order valence-corrected chi connectivity index (χ1v) is 6.80. The average molecular weight is 262 g/mol. The van der Waals surface area contributed by atoms with E-state index in [0.717, 1.165) is 13.1 Å². The maximum absolute atomic E-state index is 11.7. The summed E-state index contributed by atoms with van der Waals surface area (Å²) in [4.78, 5) is 18.4. The molecule has 1 atom stereocenters. The van der Waals surface area contributed by atoms with Crippen molar-refractivity contribution < 1.29 is 4.79 Å². The van der Waals surface area contributed by atoms with Crippen LogP contribution in [0.4, 0.5) is 5.82 Å². The minimum absolute atomic E-state index is 0.101. The Kier molecular flexibility index (Phi) is 4.74. The Morgan fingerprint density at radius 2 is 2.42 bits per heavy atom. The van der Waals surface area contributed by atoms with Crippen molar-refractivity contribution in [3.8, 4) is 0 Å². The van der Waals surface area contributed by atoms with Gasteiger partial charge in [0.05, 0.1) is 5.56 Å². The summed E-state index contributed by atoms with van der Waals surface area (Å²) in [6.45, 7) is 3.16. The topological polar surface area (TPSA) is 57.3 Å². The van der Waals surface area contributed by atoms with Gasteiger partial charge in [0, 0.05) is 26.3 Å². The fourth-order valence-corrected chi connectivity index (χ4v) is 2.54. The summed E-state index contributed by atoms with van der Waals surface area (Å²) in [5.74, 6) is 1.20. The third kappa shape index (κ3) is 3.67. The molecule has 19 heavy (non-hydrogen) atoms. The fraction of sp³-hybridized carbons (Fsp3) is 0.571. The normalized spacial score (nSPS) is 20.0. The van der Waals surface area contributed by atoms with Crippen LogP contribution in [0.2, 0.25) is 0 Å². The van der Waals surface area contributed by atoms with E-state index in [2.05, 4.69) is 27.6 Å². The zero-order chi connectivity index (χ0) is 13.7. The van der Waals surface area contributed by atoms with E-state index in [4.69, 9.17) is 0 Å². The van der Waals surface area contributed by atoms with Crippen molar-refractivity contribution in [3.05, 3.63) is 23.9 Å². The number of amides is 1. The number of aromatic nitrogens is 1. The summed E-state index contributed by atoms with van der Waals surface area (Å²) in [5, 5.41) is 5.96. The molecule has 104 valence electrons. The second-order valence-corrected chi connectivity index (χ2v) is 5.13. The largest absolute Gasteiger partial charge is 0.369 e. The molecule has 1 unspecified atom stereocenters. The maximum atomic E-state index is 11.7. The number of hydrogen-bond donors (Lipinski definition) is 2. The molecule has 2 rings (SSSR count). The average Bonchev–Trinajstić information content (AvgIpc) is 2.45. The lowest BCUT2D eigenvalue weighted by Crippen LogP contribution is -2.35. The van der Waals surface area contributed by atoms with Crippen LogP contribution in [-0.2, 0) is 0 Å². The molecule has 0 aromatic carbocycles. The lowest BCUT2D eigenvalue weighted by molar-refractivity contribution is 0.0963. The molecule has 1 fully saturated rings. The van der Waals surface area contributed by atoms with Crippen LogP contribution in [0.25, 0.3) is 0 Å². The first-order valence-electron chi connectivity index (χ1n) is 6.80. The van der Waals surface area contributed by atoms with Gasteiger partial charge in [0.2, 0.25) is 0 Å². The van der Waals surface area contributed by atoms with E-state index < -0.39 is 0 Å². The Labute approximate surface area is 114 Å². The molecule has 1 aliphatic heterocycles. The van der Waals surface area contributed by atoms with Crippen LogP contribution in [-0.4, -0.2) is 49.5 Å². The summed E-state index contributed by atoms with van der Waals surface area (Å²) in [6, 6.07) is 3.57. The van der Waals surface area contributed by atoms with Crippen LogP contribution in [0.15, 0.2) is 18.3 Å². The molecule has 2 N–H and O–H groups in total. The number of likely N-dealkylation sites (tertiary alicyclic amines) is 1. The molecule has 5 nitrogen and oxygen atoms in total. The van der Waals surface area contributed by atoms with Crippen molar-refractivity contribution >= 4 is 11.7 Å². The molecule has 2 heterocycles. The smallest absolute Gasteiger partial charge is 0.254 e. The van der Waals surface area contributed by atoms with Gasteiger partial charge in [-0.25, -0.2) is 4.98 Å². The van der Waals surface area contributed by atoms with Gasteiger partial charge in [0.1, 0.15) is 5.82 Å². The summed E-state index contributed by atoms with van der Waals surface area (Å²) < 4.78 is 0. The summed E-state index contributed by atoms with van der Waals surface area (Å²) in [7, 11) is 3.79. The first kappa shape index (κ1) is 13.8. The Morgan fingerprint density at radius 1 is 1.58 bits per heavy atom. The van der Waals surface area contributed by atoms with Crippen LogP contribution in [0.5, 0.6) is 0 Å². The van der Waals surface area contributed by atoms with E-state index in [1.807, 2.05) is 0 Å². The highest BCUT2D eigenvalue weighted by Gasteiger charge is 2.18. The molecule has 0 saturated carbocycles. The lowest BCUT2D eigenvalue weighted by Gasteiger charge is -2.29. The predicted octanol–water partition coefficient (Wildman–Crippen LogP) is 1.19. The molecule has 5 heteroatoms. The van der Waals surface area contributed by atoms with E-state index in [1.54, 1.807) is 25.4 Å². The molecule has 0 aliphatic carbocycles. The quantitative estimate of drug-likeness (QED) is 0.856. The highest BCUT2D eigenvalue weighted by molar-refractivity contribution is 5.98. The Bertz CT molecular complexity index is 435. The van der Waals surface area contributed by atoms with E-state index in [-0.39, 0.29) is 5.91 Å². The maximum Gasteiger partial charge on any atom is 0.254 e. The number of carbonyl (C=O) groups excluding carboxylic acids is 1. The predicted molar refractivity (Wildman–Crippen MR) is 76.3 cm³/mol. The van der Waals surface area contributed by atoms with Gasteiger partial charge in [0.25, 0.3) is 5.91 Å². The minimum Gasteiger partial charge on any atom is -0.369 e. The van der Waals surface area contributed by atoms with Crippen LogP contribution in [0.1, 0.15) is 23.2 Å². The number of nitrogens with one attached hydrogen (secondary N) is 2. The Balaban J connectivity index is 1.97. The molecule has 1 aromatic heterocycles.